The van der Waals surface area contributed by atoms with Crippen LogP contribution in [0.25, 0.3) is 11.3 Å². The first kappa shape index (κ1) is 20.0. The molecule has 0 aliphatic carbocycles. The normalized spacial score (nSPS) is 16.6. The van der Waals surface area contributed by atoms with Crippen LogP contribution in [0.2, 0.25) is 0 Å². The van der Waals surface area contributed by atoms with Gasteiger partial charge in [-0.15, -0.1) is 0 Å². The number of hydrogen-bond acceptors (Lipinski definition) is 4. The van der Waals surface area contributed by atoms with Crippen LogP contribution < -0.4 is 4.90 Å². The fourth-order valence-electron chi connectivity index (χ4n) is 4.44. The Morgan fingerprint density at radius 2 is 1.77 bits per heavy atom. The van der Waals surface area contributed by atoms with Gasteiger partial charge in [-0.1, -0.05) is 36.4 Å². The minimum Gasteiger partial charge on any atom is -0.459 e. The number of carbonyl (C=O) groups is 1. The number of aryl methyl sites for hydroxylation is 1. The Kier molecular flexibility index (Phi) is 4.95. The van der Waals surface area contributed by atoms with E-state index in [0.29, 0.717) is 31.0 Å². The van der Waals surface area contributed by atoms with Gasteiger partial charge in [0.1, 0.15) is 11.5 Å². The third-order valence-electron chi connectivity index (χ3n) is 6.10. The van der Waals surface area contributed by atoms with E-state index in [4.69, 9.17) is 4.42 Å². The van der Waals surface area contributed by atoms with Crippen molar-refractivity contribution in [3.63, 3.8) is 0 Å². The van der Waals surface area contributed by atoms with Crippen LogP contribution in [0.3, 0.4) is 0 Å². The molecule has 0 unspecified atom stereocenters. The molecule has 7 heteroatoms. The number of rotatable bonds is 3. The van der Waals surface area contributed by atoms with E-state index in [1.807, 2.05) is 42.5 Å². The number of carbonyl (C=O) groups excluding carboxylic acids is 1. The number of benzene rings is 2. The summed E-state index contributed by atoms with van der Waals surface area (Å²) < 4.78 is 34.3. The van der Waals surface area contributed by atoms with E-state index in [2.05, 4.69) is 0 Å². The number of nitrogens with zero attached hydrogens (tertiary/aromatic N) is 2. The second-order valence-electron chi connectivity index (χ2n) is 8.08. The van der Waals surface area contributed by atoms with Gasteiger partial charge in [0.05, 0.1) is 11.4 Å². The van der Waals surface area contributed by atoms with Crippen molar-refractivity contribution in [2.24, 2.45) is 0 Å². The van der Waals surface area contributed by atoms with Crippen LogP contribution in [-0.2, 0) is 34.2 Å². The minimum absolute atomic E-state index is 0.0675. The third kappa shape index (κ3) is 3.58. The zero-order valence-corrected chi connectivity index (χ0v) is 18.2. The molecule has 0 spiro atoms. The molecule has 2 aliphatic rings. The van der Waals surface area contributed by atoms with E-state index in [9.17, 15) is 13.2 Å². The Morgan fingerprint density at radius 3 is 2.55 bits per heavy atom. The number of anilines is 1. The predicted octanol–water partition coefficient (Wildman–Crippen LogP) is 3.99. The Balaban J connectivity index is 1.44. The zero-order chi connectivity index (χ0) is 21.6. The summed E-state index contributed by atoms with van der Waals surface area (Å²) in [7, 11) is -3.71. The molecule has 0 atom stereocenters. The summed E-state index contributed by atoms with van der Waals surface area (Å²) in [5, 5.41) is 0. The topological polar surface area (TPSA) is 70.8 Å². The Bertz CT molecular complexity index is 1250. The largest absolute Gasteiger partial charge is 0.459 e. The van der Waals surface area contributed by atoms with Crippen molar-refractivity contribution < 1.29 is 17.6 Å². The first-order chi connectivity index (χ1) is 14.9. The number of sulfonamides is 1. The van der Waals surface area contributed by atoms with Gasteiger partial charge in [0.25, 0.3) is 0 Å². The summed E-state index contributed by atoms with van der Waals surface area (Å²) in [6.45, 7) is 2.74. The van der Waals surface area contributed by atoms with Crippen LogP contribution in [0.4, 0.5) is 5.69 Å². The quantitative estimate of drug-likeness (QED) is 0.622. The van der Waals surface area contributed by atoms with Gasteiger partial charge >= 0.3 is 0 Å². The van der Waals surface area contributed by atoms with Crippen molar-refractivity contribution >= 4 is 21.6 Å². The van der Waals surface area contributed by atoms with Crippen LogP contribution in [0.15, 0.2) is 63.9 Å². The van der Waals surface area contributed by atoms with Gasteiger partial charge in [0.2, 0.25) is 15.9 Å². The molecule has 0 bridgehead atoms. The SMILES string of the molecule is CC(=O)N1CCCc2ccc(S(=O)(=O)N3CCc4cc(-c5ccccc5)oc4C3)cc21. The summed E-state index contributed by atoms with van der Waals surface area (Å²) in [6.07, 6.45) is 2.34. The summed E-state index contributed by atoms with van der Waals surface area (Å²) in [5.74, 6) is 1.38. The lowest BCUT2D eigenvalue weighted by molar-refractivity contribution is -0.116. The highest BCUT2D eigenvalue weighted by atomic mass is 32.2. The van der Waals surface area contributed by atoms with Crippen molar-refractivity contribution in [3.05, 3.63) is 71.5 Å². The summed E-state index contributed by atoms with van der Waals surface area (Å²) in [5.41, 5.74) is 3.76. The van der Waals surface area contributed by atoms with E-state index in [-0.39, 0.29) is 17.3 Å². The molecule has 6 nitrogen and oxygen atoms in total. The van der Waals surface area contributed by atoms with E-state index in [1.165, 1.54) is 11.2 Å². The van der Waals surface area contributed by atoms with Crippen LogP contribution in [0.1, 0.15) is 30.2 Å². The summed E-state index contributed by atoms with van der Waals surface area (Å²) in [6, 6.07) is 17.0. The second-order valence-corrected chi connectivity index (χ2v) is 10.0. The molecule has 2 aromatic carbocycles. The average molecular weight is 437 g/mol. The Hall–Kier alpha value is -2.90. The third-order valence-corrected chi connectivity index (χ3v) is 7.94. The predicted molar refractivity (Wildman–Crippen MR) is 118 cm³/mol. The highest BCUT2D eigenvalue weighted by Crippen LogP contribution is 2.34. The van der Waals surface area contributed by atoms with Gasteiger partial charge in [-0.25, -0.2) is 8.42 Å². The zero-order valence-electron chi connectivity index (χ0n) is 17.4. The number of hydrogen-bond donors (Lipinski definition) is 0. The molecule has 1 amide bonds. The summed E-state index contributed by atoms with van der Waals surface area (Å²) >= 11 is 0. The molecule has 2 aliphatic heterocycles. The average Bonchev–Trinajstić information content (AvgIpc) is 3.22. The minimum atomic E-state index is -3.71. The molecule has 0 radical (unpaired) electrons. The van der Waals surface area contributed by atoms with E-state index in [1.54, 1.807) is 17.0 Å². The fourth-order valence-corrected chi connectivity index (χ4v) is 5.85. The van der Waals surface area contributed by atoms with Crippen molar-refractivity contribution in [1.29, 1.82) is 0 Å². The highest BCUT2D eigenvalue weighted by Gasteiger charge is 2.32. The molecule has 5 rings (SSSR count). The molecule has 3 heterocycles. The maximum absolute atomic E-state index is 13.4. The molecule has 1 aromatic heterocycles. The monoisotopic (exact) mass is 436 g/mol. The van der Waals surface area contributed by atoms with E-state index < -0.39 is 10.0 Å². The van der Waals surface area contributed by atoms with Gasteiger partial charge < -0.3 is 9.32 Å². The van der Waals surface area contributed by atoms with E-state index >= 15 is 0 Å². The molecule has 31 heavy (non-hydrogen) atoms. The molecule has 0 fully saturated rings. The van der Waals surface area contributed by atoms with Gasteiger partial charge in [-0.3, -0.25) is 4.79 Å². The maximum Gasteiger partial charge on any atom is 0.243 e. The maximum atomic E-state index is 13.4. The smallest absolute Gasteiger partial charge is 0.243 e. The van der Waals surface area contributed by atoms with Crippen molar-refractivity contribution in [2.45, 2.75) is 37.6 Å². The van der Waals surface area contributed by atoms with Gasteiger partial charge in [0.15, 0.2) is 0 Å². The standard InChI is InChI=1S/C24H24N2O4S/c1-17(27)26-12-5-8-18-9-10-21(15-22(18)26)31(28,29)25-13-11-20-14-23(30-24(20)16-25)19-6-3-2-4-7-19/h2-4,6-7,9-10,14-15H,5,8,11-13,16H2,1H3. The van der Waals surface area contributed by atoms with Crippen molar-refractivity contribution in [2.75, 3.05) is 18.0 Å². The van der Waals surface area contributed by atoms with Gasteiger partial charge in [-0.2, -0.15) is 4.31 Å². The lowest BCUT2D eigenvalue weighted by atomic mass is 10.0. The molecule has 0 saturated carbocycles. The second kappa shape index (κ2) is 7.66. The first-order valence-electron chi connectivity index (χ1n) is 10.5. The van der Waals surface area contributed by atoms with Crippen LogP contribution in [-0.4, -0.2) is 31.7 Å². The summed E-state index contributed by atoms with van der Waals surface area (Å²) in [4.78, 5) is 13.9. The fraction of sp³-hybridized carbons (Fsp3) is 0.292. The first-order valence-corrected chi connectivity index (χ1v) is 12.0. The molecule has 160 valence electrons. The lowest BCUT2D eigenvalue weighted by Crippen LogP contribution is -2.36. The molecule has 0 N–H and O–H groups in total. The molecular formula is C24H24N2O4S. The molecule has 0 saturated heterocycles. The number of furan rings is 1. The van der Waals surface area contributed by atoms with E-state index in [0.717, 1.165) is 35.3 Å². The molecular weight excluding hydrogens is 412 g/mol. The van der Waals surface area contributed by atoms with Crippen molar-refractivity contribution in [3.8, 4) is 11.3 Å². The van der Waals surface area contributed by atoms with Gasteiger partial charge in [-0.05, 0) is 48.6 Å². The number of fused-ring (bicyclic) bond motifs is 2. The van der Waals surface area contributed by atoms with Crippen LogP contribution in [0.5, 0.6) is 0 Å². The van der Waals surface area contributed by atoms with Crippen LogP contribution in [0, 0.1) is 0 Å². The molecule has 3 aromatic rings. The Morgan fingerprint density at radius 1 is 0.968 bits per heavy atom. The van der Waals surface area contributed by atoms with Crippen LogP contribution >= 0.6 is 0 Å². The van der Waals surface area contributed by atoms with Crippen molar-refractivity contribution in [1.82, 2.24) is 4.31 Å². The van der Waals surface area contributed by atoms with Gasteiger partial charge in [0, 0.05) is 31.3 Å². The number of amides is 1. The lowest BCUT2D eigenvalue weighted by Gasteiger charge is -2.30. The Labute approximate surface area is 182 Å². The highest BCUT2D eigenvalue weighted by molar-refractivity contribution is 7.89.